The lowest BCUT2D eigenvalue weighted by Crippen LogP contribution is -2.37. The highest BCUT2D eigenvalue weighted by molar-refractivity contribution is 5.76. The van der Waals surface area contributed by atoms with Crippen LogP contribution in [-0.4, -0.2) is 30.2 Å². The van der Waals surface area contributed by atoms with E-state index in [1.165, 1.54) is 0 Å². The van der Waals surface area contributed by atoms with Crippen LogP contribution in [0.5, 0.6) is 0 Å². The van der Waals surface area contributed by atoms with Crippen LogP contribution in [0.3, 0.4) is 0 Å². The van der Waals surface area contributed by atoms with Crippen LogP contribution < -0.4 is 11.1 Å². The van der Waals surface area contributed by atoms with Gasteiger partial charge in [-0.1, -0.05) is 20.8 Å². The van der Waals surface area contributed by atoms with E-state index in [0.29, 0.717) is 13.0 Å². The lowest BCUT2D eigenvalue weighted by Gasteiger charge is -2.24. The Morgan fingerprint density at radius 3 is 2.50 bits per heavy atom. The van der Waals surface area contributed by atoms with Gasteiger partial charge in [-0.3, -0.25) is 4.79 Å². The maximum Gasteiger partial charge on any atom is 0.220 e. The Balaban J connectivity index is 3.88. The average molecular weight is 230 g/mol. The van der Waals surface area contributed by atoms with E-state index in [-0.39, 0.29) is 24.0 Å². The highest BCUT2D eigenvalue weighted by Gasteiger charge is 2.19. The summed E-state index contributed by atoms with van der Waals surface area (Å²) in [5.74, 6) is 0.0194. The Morgan fingerprint density at radius 1 is 1.44 bits per heavy atom. The van der Waals surface area contributed by atoms with Crippen LogP contribution in [0.15, 0.2) is 0 Å². The number of carbonyl (C=O) groups is 1. The standard InChI is InChI=1S/C12H26N2O2/c1-4-10(9-15)14-11(16)5-6-12(2,3)7-8-13/h10,15H,4-9,13H2,1-3H3,(H,14,16)/t10-/m1/s1. The highest BCUT2D eigenvalue weighted by atomic mass is 16.3. The van der Waals surface area contributed by atoms with Crippen molar-refractivity contribution in [1.82, 2.24) is 5.32 Å². The maximum absolute atomic E-state index is 11.6. The zero-order valence-electron chi connectivity index (χ0n) is 10.8. The Kier molecular flexibility index (Phi) is 7.34. The zero-order chi connectivity index (χ0) is 12.6. The predicted molar refractivity (Wildman–Crippen MR) is 66.0 cm³/mol. The third kappa shape index (κ3) is 6.80. The Hall–Kier alpha value is -0.610. The molecule has 0 aliphatic rings. The van der Waals surface area contributed by atoms with E-state index in [1.807, 2.05) is 6.92 Å². The van der Waals surface area contributed by atoms with E-state index < -0.39 is 0 Å². The van der Waals surface area contributed by atoms with Gasteiger partial charge in [0.1, 0.15) is 0 Å². The second-order valence-electron chi connectivity index (χ2n) is 5.06. The molecule has 4 heteroatoms. The molecule has 96 valence electrons. The minimum absolute atomic E-state index is 0.00837. The SMILES string of the molecule is CC[C@H](CO)NC(=O)CCC(C)(C)CCN. The fourth-order valence-corrected chi connectivity index (χ4v) is 1.54. The molecule has 0 bridgehead atoms. The van der Waals surface area contributed by atoms with Gasteiger partial charge in [-0.25, -0.2) is 0 Å². The monoisotopic (exact) mass is 230 g/mol. The van der Waals surface area contributed by atoms with Gasteiger partial charge in [-0.2, -0.15) is 0 Å². The number of rotatable bonds is 8. The lowest BCUT2D eigenvalue weighted by molar-refractivity contribution is -0.122. The first-order valence-electron chi connectivity index (χ1n) is 6.05. The van der Waals surface area contributed by atoms with Crippen LogP contribution in [0.25, 0.3) is 0 Å². The van der Waals surface area contributed by atoms with Gasteiger partial charge < -0.3 is 16.2 Å². The highest BCUT2D eigenvalue weighted by Crippen LogP contribution is 2.25. The molecule has 0 aliphatic carbocycles. The van der Waals surface area contributed by atoms with Crippen molar-refractivity contribution in [3.8, 4) is 0 Å². The van der Waals surface area contributed by atoms with Crippen molar-refractivity contribution in [2.75, 3.05) is 13.2 Å². The topological polar surface area (TPSA) is 75.3 Å². The molecule has 4 nitrogen and oxygen atoms in total. The van der Waals surface area contributed by atoms with Crippen LogP contribution >= 0.6 is 0 Å². The number of aliphatic hydroxyl groups is 1. The summed E-state index contributed by atoms with van der Waals surface area (Å²) in [5.41, 5.74) is 5.63. The molecule has 0 fully saturated rings. The summed E-state index contributed by atoms with van der Waals surface area (Å²) in [6.07, 6.45) is 3.02. The average Bonchev–Trinajstić information content (AvgIpc) is 2.23. The summed E-state index contributed by atoms with van der Waals surface area (Å²) in [4.78, 5) is 11.6. The van der Waals surface area contributed by atoms with Gasteiger partial charge in [-0.05, 0) is 31.2 Å². The fraction of sp³-hybridized carbons (Fsp3) is 0.917. The van der Waals surface area contributed by atoms with Crippen LogP contribution in [0.2, 0.25) is 0 Å². The van der Waals surface area contributed by atoms with Crippen LogP contribution in [0, 0.1) is 5.41 Å². The molecule has 1 atom stereocenters. The molecule has 1 amide bonds. The molecule has 0 saturated carbocycles. The van der Waals surface area contributed by atoms with Crippen molar-refractivity contribution in [2.45, 2.75) is 52.5 Å². The molecule has 16 heavy (non-hydrogen) atoms. The van der Waals surface area contributed by atoms with Crippen LogP contribution in [0.4, 0.5) is 0 Å². The van der Waals surface area contributed by atoms with E-state index in [0.717, 1.165) is 19.3 Å². The largest absolute Gasteiger partial charge is 0.394 e. The minimum Gasteiger partial charge on any atom is -0.394 e. The van der Waals surface area contributed by atoms with Gasteiger partial charge in [0.25, 0.3) is 0 Å². The Morgan fingerprint density at radius 2 is 2.06 bits per heavy atom. The number of nitrogens with two attached hydrogens (primary N) is 1. The second kappa shape index (κ2) is 7.63. The van der Waals surface area contributed by atoms with Gasteiger partial charge in [0, 0.05) is 6.42 Å². The van der Waals surface area contributed by atoms with Crippen molar-refractivity contribution in [3.63, 3.8) is 0 Å². The third-order valence-corrected chi connectivity index (χ3v) is 2.93. The van der Waals surface area contributed by atoms with Gasteiger partial charge in [-0.15, -0.1) is 0 Å². The molecule has 0 aromatic carbocycles. The Bertz CT molecular complexity index is 201. The van der Waals surface area contributed by atoms with E-state index in [9.17, 15) is 4.79 Å². The normalized spacial score (nSPS) is 13.6. The van der Waals surface area contributed by atoms with E-state index in [2.05, 4.69) is 19.2 Å². The van der Waals surface area contributed by atoms with Gasteiger partial charge in [0.2, 0.25) is 5.91 Å². The van der Waals surface area contributed by atoms with Crippen molar-refractivity contribution in [2.24, 2.45) is 11.1 Å². The quantitative estimate of drug-likeness (QED) is 0.583. The van der Waals surface area contributed by atoms with Crippen molar-refractivity contribution >= 4 is 5.91 Å². The molecule has 0 unspecified atom stereocenters. The second-order valence-corrected chi connectivity index (χ2v) is 5.06. The van der Waals surface area contributed by atoms with E-state index in [1.54, 1.807) is 0 Å². The smallest absolute Gasteiger partial charge is 0.220 e. The summed E-state index contributed by atoms with van der Waals surface area (Å²) >= 11 is 0. The number of hydrogen-bond acceptors (Lipinski definition) is 3. The van der Waals surface area contributed by atoms with Crippen molar-refractivity contribution < 1.29 is 9.90 Å². The molecule has 0 aromatic rings. The number of aliphatic hydroxyl groups excluding tert-OH is 1. The molecule has 0 heterocycles. The molecule has 0 rings (SSSR count). The minimum atomic E-state index is -0.106. The molecular weight excluding hydrogens is 204 g/mol. The molecule has 0 radical (unpaired) electrons. The summed E-state index contributed by atoms with van der Waals surface area (Å²) in [7, 11) is 0. The van der Waals surface area contributed by atoms with E-state index in [4.69, 9.17) is 10.8 Å². The van der Waals surface area contributed by atoms with E-state index >= 15 is 0 Å². The number of nitrogens with one attached hydrogen (secondary N) is 1. The number of hydrogen-bond donors (Lipinski definition) is 3. The van der Waals surface area contributed by atoms with Gasteiger partial charge in [0.05, 0.1) is 12.6 Å². The summed E-state index contributed by atoms with van der Waals surface area (Å²) in [6.45, 7) is 6.85. The summed E-state index contributed by atoms with van der Waals surface area (Å²) < 4.78 is 0. The Labute approximate surface area is 98.6 Å². The van der Waals surface area contributed by atoms with Gasteiger partial charge >= 0.3 is 0 Å². The first kappa shape index (κ1) is 15.4. The van der Waals surface area contributed by atoms with Gasteiger partial charge in [0.15, 0.2) is 0 Å². The third-order valence-electron chi connectivity index (χ3n) is 2.93. The van der Waals surface area contributed by atoms with Crippen molar-refractivity contribution in [3.05, 3.63) is 0 Å². The molecule has 0 aromatic heterocycles. The first-order chi connectivity index (χ1) is 7.45. The summed E-state index contributed by atoms with van der Waals surface area (Å²) in [6, 6.07) is -0.106. The van der Waals surface area contributed by atoms with Crippen LogP contribution in [0.1, 0.15) is 46.5 Å². The summed E-state index contributed by atoms with van der Waals surface area (Å²) in [5, 5.41) is 11.8. The first-order valence-corrected chi connectivity index (χ1v) is 6.05. The van der Waals surface area contributed by atoms with Crippen molar-refractivity contribution in [1.29, 1.82) is 0 Å². The molecule has 0 saturated heterocycles. The zero-order valence-corrected chi connectivity index (χ0v) is 10.8. The lowest BCUT2D eigenvalue weighted by atomic mass is 9.84. The molecule has 4 N–H and O–H groups in total. The number of carbonyl (C=O) groups excluding carboxylic acids is 1. The molecule has 0 aliphatic heterocycles. The predicted octanol–water partition coefficient (Wildman–Crippen LogP) is 1.03. The molecule has 0 spiro atoms. The number of amides is 1. The molecular formula is C12H26N2O2. The fourth-order valence-electron chi connectivity index (χ4n) is 1.54. The van der Waals surface area contributed by atoms with Crippen LogP contribution in [-0.2, 0) is 4.79 Å². The maximum atomic E-state index is 11.6.